The third-order valence-electron chi connectivity index (χ3n) is 2.68. The molecular weight excluding hydrogens is 334 g/mol. The van der Waals surface area contributed by atoms with Crippen molar-refractivity contribution in [2.24, 2.45) is 5.92 Å². The van der Waals surface area contributed by atoms with Crippen LogP contribution >= 0.6 is 22.6 Å². The highest BCUT2D eigenvalue weighted by Gasteiger charge is 2.15. The van der Waals surface area contributed by atoms with Crippen molar-refractivity contribution in [2.45, 2.75) is 26.3 Å². The molecule has 0 aliphatic carbocycles. The number of halogens is 2. The quantitative estimate of drug-likeness (QED) is 0.564. The van der Waals surface area contributed by atoms with Crippen molar-refractivity contribution >= 4 is 34.0 Å². The van der Waals surface area contributed by atoms with E-state index in [-0.39, 0.29) is 18.5 Å². The molecule has 0 spiro atoms. The Morgan fingerprint density at radius 2 is 2.12 bits per heavy atom. The second kappa shape index (κ2) is 6.39. The van der Waals surface area contributed by atoms with Gasteiger partial charge in [-0.2, -0.15) is 0 Å². The van der Waals surface area contributed by atoms with Gasteiger partial charge in [-0.3, -0.25) is 0 Å². The Bertz CT molecular complexity index is 385. The topological polar surface area (TPSA) is 58.3 Å². The molecule has 0 bridgehead atoms. The van der Waals surface area contributed by atoms with Crippen LogP contribution in [-0.4, -0.2) is 17.8 Å². The van der Waals surface area contributed by atoms with E-state index in [1.54, 1.807) is 6.07 Å². The summed E-state index contributed by atoms with van der Waals surface area (Å²) in [6, 6.07) is 3.10. The van der Waals surface area contributed by atoms with Crippen molar-refractivity contribution in [1.29, 1.82) is 0 Å². The summed E-state index contributed by atoms with van der Waals surface area (Å²) in [5.74, 6) is 0.0534. The van der Waals surface area contributed by atoms with Gasteiger partial charge in [0.15, 0.2) is 0 Å². The average molecular weight is 352 g/mol. The summed E-state index contributed by atoms with van der Waals surface area (Å²) in [7, 11) is 0. The zero-order chi connectivity index (χ0) is 13.0. The predicted molar refractivity (Wildman–Crippen MR) is 77.5 cm³/mol. The molecule has 0 aliphatic heterocycles. The van der Waals surface area contributed by atoms with Crippen LogP contribution in [0.25, 0.3) is 0 Å². The highest BCUT2D eigenvalue weighted by Crippen LogP contribution is 2.26. The minimum Gasteiger partial charge on any atom is -0.397 e. The molecule has 0 saturated carbocycles. The molecule has 1 atom stereocenters. The fourth-order valence-electron chi connectivity index (χ4n) is 1.60. The second-order valence-corrected chi connectivity index (χ2v) is 5.52. The maximum Gasteiger partial charge on any atom is 0.138 e. The van der Waals surface area contributed by atoms with Crippen LogP contribution in [0, 0.1) is 15.3 Å². The van der Waals surface area contributed by atoms with Crippen LogP contribution < -0.4 is 11.1 Å². The fraction of sp³-hybridized carbons (Fsp3) is 0.500. The van der Waals surface area contributed by atoms with Gasteiger partial charge in [-0.25, -0.2) is 4.39 Å². The summed E-state index contributed by atoms with van der Waals surface area (Å²) in [5, 5.41) is 12.2. The van der Waals surface area contributed by atoms with Crippen molar-refractivity contribution in [1.82, 2.24) is 0 Å². The lowest BCUT2D eigenvalue weighted by molar-refractivity contribution is 0.267. The van der Waals surface area contributed by atoms with Gasteiger partial charge in [0, 0.05) is 18.7 Å². The highest BCUT2D eigenvalue weighted by molar-refractivity contribution is 14.1. The minimum absolute atomic E-state index is 0.0850. The number of anilines is 2. The summed E-state index contributed by atoms with van der Waals surface area (Å²) < 4.78 is 14.0. The van der Waals surface area contributed by atoms with E-state index in [9.17, 15) is 4.39 Å². The van der Waals surface area contributed by atoms with Gasteiger partial charge in [-0.05, 0) is 41.0 Å². The summed E-state index contributed by atoms with van der Waals surface area (Å²) in [6.45, 7) is 4.20. The Hall–Kier alpha value is -0.560. The van der Waals surface area contributed by atoms with Gasteiger partial charge in [-0.15, -0.1) is 0 Å². The third-order valence-corrected chi connectivity index (χ3v) is 3.50. The summed E-state index contributed by atoms with van der Waals surface area (Å²) in [6.07, 6.45) is 0.616. The molecule has 4 N–H and O–H groups in total. The van der Waals surface area contributed by atoms with E-state index < -0.39 is 0 Å². The molecule has 1 unspecified atom stereocenters. The molecular formula is C12H18FIN2O. The SMILES string of the molecule is CC(C)C(CCO)Nc1cc(F)c(I)cc1N. The summed E-state index contributed by atoms with van der Waals surface area (Å²) >= 11 is 1.91. The largest absolute Gasteiger partial charge is 0.397 e. The van der Waals surface area contributed by atoms with Gasteiger partial charge in [0.05, 0.1) is 14.9 Å². The number of aliphatic hydroxyl groups excluding tert-OH is 1. The van der Waals surface area contributed by atoms with Crippen LogP contribution in [0.2, 0.25) is 0 Å². The summed E-state index contributed by atoms with van der Waals surface area (Å²) in [5.41, 5.74) is 6.96. The molecule has 3 nitrogen and oxygen atoms in total. The Labute approximate surface area is 115 Å². The van der Waals surface area contributed by atoms with E-state index in [4.69, 9.17) is 10.8 Å². The van der Waals surface area contributed by atoms with E-state index in [0.717, 1.165) is 0 Å². The molecule has 1 aromatic rings. The first-order valence-electron chi connectivity index (χ1n) is 5.57. The van der Waals surface area contributed by atoms with Gasteiger partial charge in [0.1, 0.15) is 5.82 Å². The van der Waals surface area contributed by atoms with Crippen LogP contribution in [0.4, 0.5) is 15.8 Å². The van der Waals surface area contributed by atoms with Crippen LogP contribution in [0.15, 0.2) is 12.1 Å². The molecule has 96 valence electrons. The first kappa shape index (κ1) is 14.5. The van der Waals surface area contributed by atoms with Crippen molar-refractivity contribution in [3.8, 4) is 0 Å². The number of hydrogen-bond acceptors (Lipinski definition) is 3. The molecule has 1 aromatic carbocycles. The number of nitrogens with two attached hydrogens (primary N) is 1. The van der Waals surface area contributed by atoms with Crippen molar-refractivity contribution < 1.29 is 9.50 Å². The first-order chi connectivity index (χ1) is 7.95. The Morgan fingerprint density at radius 3 is 2.65 bits per heavy atom. The lowest BCUT2D eigenvalue weighted by Gasteiger charge is -2.23. The maximum absolute atomic E-state index is 13.4. The smallest absolute Gasteiger partial charge is 0.138 e. The average Bonchev–Trinajstić information content (AvgIpc) is 2.24. The van der Waals surface area contributed by atoms with Crippen LogP contribution in [0.1, 0.15) is 20.3 Å². The molecule has 17 heavy (non-hydrogen) atoms. The number of nitrogens with one attached hydrogen (secondary N) is 1. The molecule has 0 saturated heterocycles. The number of rotatable bonds is 5. The number of benzene rings is 1. The van der Waals surface area contributed by atoms with Gasteiger partial charge in [0.25, 0.3) is 0 Å². The van der Waals surface area contributed by atoms with Gasteiger partial charge < -0.3 is 16.2 Å². The minimum atomic E-state index is -0.284. The molecule has 1 rings (SSSR count). The molecule has 0 heterocycles. The zero-order valence-corrected chi connectivity index (χ0v) is 12.2. The molecule has 0 amide bonds. The highest BCUT2D eigenvalue weighted by atomic mass is 127. The molecule has 0 radical (unpaired) electrons. The van der Waals surface area contributed by atoms with Gasteiger partial charge >= 0.3 is 0 Å². The normalized spacial score (nSPS) is 12.8. The fourth-order valence-corrected chi connectivity index (χ4v) is 2.09. The predicted octanol–water partition coefficient (Wildman–Crippen LogP) is 2.83. The Morgan fingerprint density at radius 1 is 1.47 bits per heavy atom. The van der Waals surface area contributed by atoms with Crippen LogP contribution in [-0.2, 0) is 0 Å². The second-order valence-electron chi connectivity index (χ2n) is 4.36. The lowest BCUT2D eigenvalue weighted by atomic mass is 10.0. The Kier molecular flexibility index (Phi) is 5.45. The van der Waals surface area contributed by atoms with Gasteiger partial charge in [0.2, 0.25) is 0 Å². The monoisotopic (exact) mass is 352 g/mol. The van der Waals surface area contributed by atoms with E-state index in [1.807, 2.05) is 36.4 Å². The number of hydrogen-bond donors (Lipinski definition) is 3. The van der Waals surface area contributed by atoms with Crippen molar-refractivity contribution in [3.05, 3.63) is 21.5 Å². The number of aliphatic hydroxyl groups is 1. The first-order valence-corrected chi connectivity index (χ1v) is 6.65. The Balaban J connectivity index is 2.89. The van der Waals surface area contributed by atoms with E-state index in [0.29, 0.717) is 27.3 Å². The third kappa shape index (κ3) is 3.99. The van der Waals surface area contributed by atoms with E-state index >= 15 is 0 Å². The lowest BCUT2D eigenvalue weighted by Crippen LogP contribution is -2.27. The van der Waals surface area contributed by atoms with E-state index in [2.05, 4.69) is 5.32 Å². The van der Waals surface area contributed by atoms with Crippen LogP contribution in [0.5, 0.6) is 0 Å². The van der Waals surface area contributed by atoms with Crippen molar-refractivity contribution in [3.63, 3.8) is 0 Å². The zero-order valence-electron chi connectivity index (χ0n) is 10.0. The van der Waals surface area contributed by atoms with Crippen LogP contribution in [0.3, 0.4) is 0 Å². The van der Waals surface area contributed by atoms with Gasteiger partial charge in [-0.1, -0.05) is 13.8 Å². The standard InChI is InChI=1S/C12H18FIN2O/c1-7(2)11(3-4-17)16-12-5-8(13)9(14)6-10(12)15/h5-7,11,16-17H,3-4,15H2,1-2H3. The molecule has 0 aliphatic rings. The van der Waals surface area contributed by atoms with E-state index in [1.165, 1.54) is 6.07 Å². The van der Waals surface area contributed by atoms with Crippen molar-refractivity contribution in [2.75, 3.05) is 17.7 Å². The molecule has 0 aromatic heterocycles. The summed E-state index contributed by atoms with van der Waals surface area (Å²) in [4.78, 5) is 0. The maximum atomic E-state index is 13.4. The molecule has 0 fully saturated rings. The molecule has 5 heteroatoms. The number of nitrogen functional groups attached to an aromatic ring is 1.